The van der Waals surface area contributed by atoms with Crippen molar-refractivity contribution in [3.8, 4) is 23.0 Å². The number of Topliss-reactive ketones (excluding diaryl/α,β-unsaturated/α-hetero) is 1. The fourth-order valence-electron chi connectivity index (χ4n) is 2.59. The summed E-state index contributed by atoms with van der Waals surface area (Å²) in [7, 11) is 0. The molecule has 5 heteroatoms. The number of rotatable bonds is 4. The quantitative estimate of drug-likeness (QED) is 0.906. The number of benzene rings is 2. The van der Waals surface area contributed by atoms with Crippen LogP contribution in [0.1, 0.15) is 30.6 Å². The molecule has 1 unspecified atom stereocenters. The van der Waals surface area contributed by atoms with E-state index in [9.17, 15) is 15.0 Å². The van der Waals surface area contributed by atoms with Gasteiger partial charge in [0.1, 0.15) is 11.5 Å². The summed E-state index contributed by atoms with van der Waals surface area (Å²) in [5.74, 6) is 0.743. The first-order chi connectivity index (χ1) is 11.1. The number of ether oxygens (including phenoxy) is 2. The molecule has 1 aliphatic rings. The maximum atomic E-state index is 12.3. The molecular weight excluding hydrogens is 296 g/mol. The van der Waals surface area contributed by atoms with Crippen LogP contribution in [0.2, 0.25) is 0 Å². The van der Waals surface area contributed by atoms with Crippen molar-refractivity contribution in [3.63, 3.8) is 0 Å². The van der Waals surface area contributed by atoms with Gasteiger partial charge in [-0.05, 0) is 30.7 Å². The Labute approximate surface area is 134 Å². The molecule has 0 fully saturated rings. The van der Waals surface area contributed by atoms with Crippen molar-refractivity contribution in [2.24, 2.45) is 0 Å². The Kier molecular flexibility index (Phi) is 4.10. The van der Waals surface area contributed by atoms with Crippen LogP contribution in [0, 0.1) is 0 Å². The minimum absolute atomic E-state index is 0.0194. The number of carbonyl (C=O) groups excluding carboxylic acids is 1. The lowest BCUT2D eigenvalue weighted by atomic mass is 9.95. The summed E-state index contributed by atoms with van der Waals surface area (Å²) < 4.78 is 11.1. The molecule has 1 heterocycles. The van der Waals surface area contributed by atoms with Gasteiger partial charge >= 0.3 is 0 Å². The monoisotopic (exact) mass is 314 g/mol. The van der Waals surface area contributed by atoms with Crippen molar-refractivity contribution in [3.05, 3.63) is 47.5 Å². The van der Waals surface area contributed by atoms with Crippen LogP contribution in [-0.4, -0.2) is 22.6 Å². The number of phenols is 2. The topological polar surface area (TPSA) is 76.0 Å². The highest BCUT2D eigenvalue weighted by Crippen LogP contribution is 2.39. The van der Waals surface area contributed by atoms with Crippen LogP contribution in [0.15, 0.2) is 36.4 Å². The van der Waals surface area contributed by atoms with E-state index in [4.69, 9.17) is 9.47 Å². The van der Waals surface area contributed by atoms with Crippen LogP contribution in [0.4, 0.5) is 0 Å². The van der Waals surface area contributed by atoms with E-state index in [1.807, 2.05) is 6.92 Å². The molecule has 5 nitrogen and oxygen atoms in total. The second-order valence-corrected chi connectivity index (χ2v) is 5.47. The van der Waals surface area contributed by atoms with Crippen molar-refractivity contribution in [1.29, 1.82) is 0 Å². The molecule has 120 valence electrons. The third-order valence-electron chi connectivity index (χ3n) is 3.74. The normalized spacial score (nSPS) is 16.6. The predicted octanol–water partition coefficient (Wildman–Crippen LogP) is 3.13. The summed E-state index contributed by atoms with van der Waals surface area (Å²) in [4.78, 5) is 12.3. The van der Waals surface area contributed by atoms with E-state index in [1.165, 1.54) is 12.1 Å². The zero-order chi connectivity index (χ0) is 16.4. The highest BCUT2D eigenvalue weighted by atomic mass is 16.5. The van der Waals surface area contributed by atoms with Crippen LogP contribution in [0.25, 0.3) is 0 Å². The molecule has 1 aliphatic heterocycles. The van der Waals surface area contributed by atoms with Gasteiger partial charge in [-0.15, -0.1) is 0 Å². The molecular formula is C18H18O5. The molecule has 1 atom stereocenters. The molecule has 3 rings (SSSR count). The third-order valence-corrected chi connectivity index (χ3v) is 3.74. The number of phenolic OH excluding ortho intramolecular Hbond substituents is 2. The summed E-state index contributed by atoms with van der Waals surface area (Å²) >= 11 is 0. The lowest BCUT2D eigenvalue weighted by molar-refractivity contribution is -0.126. The lowest BCUT2D eigenvalue weighted by Crippen LogP contribution is -2.25. The third kappa shape index (κ3) is 2.95. The molecule has 2 aromatic rings. The first kappa shape index (κ1) is 15.2. The maximum Gasteiger partial charge on any atom is 0.182 e. The molecule has 0 saturated carbocycles. The fraction of sp³-hybridized carbons (Fsp3) is 0.278. The average Bonchev–Trinajstić information content (AvgIpc) is 2.54. The predicted molar refractivity (Wildman–Crippen MR) is 84.1 cm³/mol. The Balaban J connectivity index is 1.87. The van der Waals surface area contributed by atoms with E-state index in [0.717, 1.165) is 6.42 Å². The minimum Gasteiger partial charge on any atom is -0.508 e. The first-order valence-electron chi connectivity index (χ1n) is 7.56. The van der Waals surface area contributed by atoms with E-state index in [-0.39, 0.29) is 23.7 Å². The van der Waals surface area contributed by atoms with E-state index < -0.39 is 6.10 Å². The van der Waals surface area contributed by atoms with Gasteiger partial charge in [0, 0.05) is 17.5 Å². The van der Waals surface area contributed by atoms with Crippen LogP contribution in [-0.2, 0) is 11.2 Å². The largest absolute Gasteiger partial charge is 0.508 e. The molecule has 0 saturated heterocycles. The van der Waals surface area contributed by atoms with Crippen LogP contribution in [0.5, 0.6) is 23.0 Å². The Bertz CT molecular complexity index is 738. The summed E-state index contributed by atoms with van der Waals surface area (Å²) in [5, 5.41) is 19.8. The maximum absolute atomic E-state index is 12.3. The zero-order valence-electron chi connectivity index (χ0n) is 12.8. The Morgan fingerprint density at radius 1 is 1.22 bits per heavy atom. The van der Waals surface area contributed by atoms with Crippen molar-refractivity contribution >= 4 is 5.78 Å². The number of hydrogen-bond acceptors (Lipinski definition) is 5. The van der Waals surface area contributed by atoms with Crippen molar-refractivity contribution in [2.75, 3.05) is 6.61 Å². The van der Waals surface area contributed by atoms with Gasteiger partial charge in [0.2, 0.25) is 0 Å². The smallest absolute Gasteiger partial charge is 0.182 e. The van der Waals surface area contributed by atoms with Gasteiger partial charge < -0.3 is 19.7 Å². The van der Waals surface area contributed by atoms with Crippen LogP contribution < -0.4 is 9.47 Å². The molecule has 0 bridgehead atoms. The van der Waals surface area contributed by atoms with Gasteiger partial charge in [0.15, 0.2) is 23.4 Å². The Hall–Kier alpha value is -2.69. The summed E-state index contributed by atoms with van der Waals surface area (Å²) in [5.41, 5.74) is 1.06. The van der Waals surface area contributed by atoms with Gasteiger partial charge in [0.25, 0.3) is 0 Å². The molecule has 0 aromatic heterocycles. The molecule has 0 aliphatic carbocycles. The van der Waals surface area contributed by atoms with E-state index >= 15 is 0 Å². The number of fused-ring (bicyclic) bond motifs is 1. The van der Waals surface area contributed by atoms with Gasteiger partial charge in [-0.3, -0.25) is 4.79 Å². The fourth-order valence-corrected chi connectivity index (χ4v) is 2.59. The molecule has 0 radical (unpaired) electrons. The number of hydrogen-bond donors (Lipinski definition) is 2. The van der Waals surface area contributed by atoms with E-state index in [2.05, 4.69) is 0 Å². The second-order valence-electron chi connectivity index (χ2n) is 5.47. The zero-order valence-corrected chi connectivity index (χ0v) is 12.8. The number of ketones is 1. The first-order valence-corrected chi connectivity index (χ1v) is 7.56. The van der Waals surface area contributed by atoms with Gasteiger partial charge in [-0.1, -0.05) is 19.1 Å². The van der Waals surface area contributed by atoms with Crippen molar-refractivity contribution < 1.29 is 24.5 Å². The number of carbonyl (C=O) groups is 1. The van der Waals surface area contributed by atoms with Crippen LogP contribution in [0.3, 0.4) is 0 Å². The molecule has 0 amide bonds. The second kappa shape index (κ2) is 6.20. The van der Waals surface area contributed by atoms with Gasteiger partial charge in [-0.2, -0.15) is 0 Å². The summed E-state index contributed by atoms with van der Waals surface area (Å²) in [6.45, 7) is 2.49. The Morgan fingerprint density at radius 2 is 2.04 bits per heavy atom. The molecule has 0 spiro atoms. The van der Waals surface area contributed by atoms with E-state index in [1.54, 1.807) is 24.3 Å². The van der Waals surface area contributed by atoms with Crippen molar-refractivity contribution in [1.82, 2.24) is 0 Å². The van der Waals surface area contributed by atoms with Gasteiger partial charge in [-0.25, -0.2) is 0 Å². The van der Waals surface area contributed by atoms with Gasteiger partial charge in [0.05, 0.1) is 6.61 Å². The minimum atomic E-state index is -0.796. The summed E-state index contributed by atoms with van der Waals surface area (Å²) in [6.07, 6.45) is 0.142. The Morgan fingerprint density at radius 3 is 2.78 bits per heavy atom. The lowest BCUT2D eigenvalue weighted by Gasteiger charge is -2.26. The standard InChI is InChI=1S/C18H18O5/c1-2-8-22-17-7-6-11(9-14(17)20)18-15(21)10-12-13(19)4-3-5-16(12)23-18/h3-7,9,18-20H,2,8,10H2,1H3. The SMILES string of the molecule is CCCOc1ccc(C2Oc3cccc(O)c3CC2=O)cc1O. The highest BCUT2D eigenvalue weighted by Gasteiger charge is 2.31. The van der Waals surface area contributed by atoms with Crippen LogP contribution >= 0.6 is 0 Å². The molecule has 2 aromatic carbocycles. The highest BCUT2D eigenvalue weighted by molar-refractivity contribution is 5.89. The van der Waals surface area contributed by atoms with E-state index in [0.29, 0.717) is 29.2 Å². The number of aromatic hydroxyl groups is 2. The summed E-state index contributed by atoms with van der Waals surface area (Å²) in [6, 6.07) is 9.74. The average molecular weight is 314 g/mol. The molecule has 2 N–H and O–H groups in total. The van der Waals surface area contributed by atoms with Crippen molar-refractivity contribution in [2.45, 2.75) is 25.9 Å². The molecule has 23 heavy (non-hydrogen) atoms.